The van der Waals surface area contributed by atoms with Crippen molar-refractivity contribution in [3.63, 3.8) is 0 Å². The molecule has 0 radical (unpaired) electrons. The average Bonchev–Trinajstić information content (AvgIpc) is 2.78. The largest absolute Gasteiger partial charge is 0.469 e. The number of nitrogens with zero attached hydrogens (tertiary/aromatic N) is 2. The summed E-state index contributed by atoms with van der Waals surface area (Å²) in [5, 5.41) is 2.69. The lowest BCUT2D eigenvalue weighted by Crippen LogP contribution is -2.27. The number of aromatic nitrogens is 1. The Morgan fingerprint density at radius 2 is 1.88 bits per heavy atom. The highest BCUT2D eigenvalue weighted by atomic mass is 32.1. The second-order valence-electron chi connectivity index (χ2n) is 3.38. The van der Waals surface area contributed by atoms with Crippen LogP contribution in [0.1, 0.15) is 34.1 Å². The Balaban J connectivity index is 0.000000673. The molecule has 1 aromatic rings. The Hall–Kier alpha value is -0.610. The quantitative estimate of drug-likeness (QED) is 0.768. The minimum atomic E-state index is 0.731. The van der Waals surface area contributed by atoms with Gasteiger partial charge in [-0.2, -0.15) is 0 Å². The van der Waals surface area contributed by atoms with E-state index in [1.54, 1.807) is 6.20 Å². The molecule has 1 aromatic heterocycles. The molecule has 3 nitrogen and oxygen atoms in total. The van der Waals surface area contributed by atoms with Crippen molar-refractivity contribution in [2.75, 3.05) is 26.2 Å². The fourth-order valence-corrected chi connectivity index (χ4v) is 1.59. The van der Waals surface area contributed by atoms with Crippen molar-refractivity contribution < 1.29 is 4.74 Å². The second-order valence-corrected chi connectivity index (χ2v) is 4.24. The van der Waals surface area contributed by atoms with E-state index in [-0.39, 0.29) is 0 Å². The van der Waals surface area contributed by atoms with E-state index in [4.69, 9.17) is 4.74 Å². The number of likely N-dealkylation sites (N-methyl/N-ethyl adjacent to an activating group) is 1. The Kier molecular flexibility index (Phi) is 10.5. The Morgan fingerprint density at radius 1 is 1.25 bits per heavy atom. The smallest absolute Gasteiger partial charge is 0.273 e. The van der Waals surface area contributed by atoms with E-state index >= 15 is 0 Å². The molecular formula is C12H24N2OS. The summed E-state index contributed by atoms with van der Waals surface area (Å²) in [5.41, 5.74) is 0. The monoisotopic (exact) mass is 244 g/mol. The van der Waals surface area contributed by atoms with Crippen LogP contribution in [0.3, 0.4) is 0 Å². The Morgan fingerprint density at radius 3 is 2.31 bits per heavy atom. The van der Waals surface area contributed by atoms with E-state index in [0.717, 1.165) is 31.4 Å². The highest BCUT2D eigenvalue weighted by Crippen LogP contribution is 2.12. The molecule has 0 aromatic carbocycles. The third-order valence-electron chi connectivity index (χ3n) is 1.94. The van der Waals surface area contributed by atoms with Gasteiger partial charge in [-0.3, -0.25) is 0 Å². The first-order chi connectivity index (χ1) is 7.78. The van der Waals surface area contributed by atoms with Crippen molar-refractivity contribution in [2.24, 2.45) is 0 Å². The van der Waals surface area contributed by atoms with E-state index in [0.29, 0.717) is 0 Å². The number of rotatable bonds is 6. The highest BCUT2D eigenvalue weighted by Gasteiger charge is 1.99. The molecular weight excluding hydrogens is 220 g/mol. The van der Waals surface area contributed by atoms with Crippen LogP contribution < -0.4 is 4.74 Å². The molecule has 0 bridgehead atoms. The van der Waals surface area contributed by atoms with Crippen LogP contribution in [-0.2, 0) is 0 Å². The molecule has 16 heavy (non-hydrogen) atoms. The molecule has 0 fully saturated rings. The standard InChI is InChI=1S/C9H16N2OS.C3H8/c1-3-11(4-2)6-7-12-9-10-5-8-13-9;1-3-2/h5,8H,3-4,6-7H2,1-2H3;3H2,1-2H3. The maximum atomic E-state index is 5.45. The Bertz CT molecular complexity index is 223. The molecule has 1 heterocycles. The summed E-state index contributed by atoms with van der Waals surface area (Å²) in [6.45, 7) is 12.4. The molecule has 0 saturated heterocycles. The zero-order valence-corrected chi connectivity index (χ0v) is 11.7. The average molecular weight is 244 g/mol. The molecule has 0 saturated carbocycles. The zero-order valence-electron chi connectivity index (χ0n) is 10.9. The lowest BCUT2D eigenvalue weighted by atomic mass is 10.5. The third kappa shape index (κ3) is 7.65. The second kappa shape index (κ2) is 10.9. The predicted molar refractivity (Wildman–Crippen MR) is 71.4 cm³/mol. The molecule has 1 rings (SSSR count). The van der Waals surface area contributed by atoms with E-state index < -0.39 is 0 Å². The van der Waals surface area contributed by atoms with Gasteiger partial charge in [0.15, 0.2) is 0 Å². The first-order valence-corrected chi connectivity index (χ1v) is 6.90. The molecule has 0 spiro atoms. The van der Waals surface area contributed by atoms with Gasteiger partial charge in [0.05, 0.1) is 0 Å². The molecule has 0 aliphatic rings. The summed E-state index contributed by atoms with van der Waals surface area (Å²) in [7, 11) is 0. The van der Waals surface area contributed by atoms with Gasteiger partial charge in [0.2, 0.25) is 0 Å². The lowest BCUT2D eigenvalue weighted by molar-refractivity contribution is 0.222. The fourth-order valence-electron chi connectivity index (χ4n) is 1.08. The molecule has 94 valence electrons. The van der Waals surface area contributed by atoms with Crippen LogP contribution >= 0.6 is 11.3 Å². The van der Waals surface area contributed by atoms with Crippen LogP contribution in [0.4, 0.5) is 0 Å². The number of hydrogen-bond acceptors (Lipinski definition) is 4. The van der Waals surface area contributed by atoms with Gasteiger partial charge in [0.1, 0.15) is 6.61 Å². The van der Waals surface area contributed by atoms with Crippen LogP contribution in [0.15, 0.2) is 11.6 Å². The van der Waals surface area contributed by atoms with Crippen molar-refractivity contribution in [2.45, 2.75) is 34.1 Å². The number of ether oxygens (including phenoxy) is 1. The van der Waals surface area contributed by atoms with Crippen molar-refractivity contribution in [3.05, 3.63) is 11.6 Å². The first kappa shape index (κ1) is 15.4. The zero-order chi connectivity index (χ0) is 12.2. The molecule has 4 heteroatoms. The van der Waals surface area contributed by atoms with Gasteiger partial charge in [0, 0.05) is 18.1 Å². The van der Waals surface area contributed by atoms with Crippen LogP contribution in [-0.4, -0.2) is 36.1 Å². The van der Waals surface area contributed by atoms with Crippen LogP contribution in [0.5, 0.6) is 5.19 Å². The molecule has 0 aliphatic carbocycles. The van der Waals surface area contributed by atoms with Crippen molar-refractivity contribution in [1.82, 2.24) is 9.88 Å². The molecule has 0 amide bonds. The van der Waals surface area contributed by atoms with Gasteiger partial charge in [0.25, 0.3) is 5.19 Å². The van der Waals surface area contributed by atoms with Crippen molar-refractivity contribution in [1.29, 1.82) is 0 Å². The normalized spacial score (nSPS) is 9.81. The van der Waals surface area contributed by atoms with Crippen molar-refractivity contribution >= 4 is 11.3 Å². The van der Waals surface area contributed by atoms with Gasteiger partial charge in [-0.15, -0.1) is 0 Å². The van der Waals surface area contributed by atoms with Crippen LogP contribution in [0.2, 0.25) is 0 Å². The highest BCUT2D eigenvalue weighted by molar-refractivity contribution is 7.11. The minimum Gasteiger partial charge on any atom is -0.469 e. The summed E-state index contributed by atoms with van der Waals surface area (Å²) in [6, 6.07) is 0. The van der Waals surface area contributed by atoms with Gasteiger partial charge < -0.3 is 9.64 Å². The maximum Gasteiger partial charge on any atom is 0.273 e. The topological polar surface area (TPSA) is 25.4 Å². The maximum absolute atomic E-state index is 5.45. The van der Waals surface area contributed by atoms with Gasteiger partial charge in [-0.05, 0) is 13.1 Å². The summed E-state index contributed by atoms with van der Waals surface area (Å²) in [5.74, 6) is 0. The minimum absolute atomic E-state index is 0.731. The van der Waals surface area contributed by atoms with Crippen LogP contribution in [0.25, 0.3) is 0 Å². The summed E-state index contributed by atoms with van der Waals surface area (Å²) in [6.07, 6.45) is 3.01. The van der Waals surface area contributed by atoms with Crippen LogP contribution in [0, 0.1) is 0 Å². The number of hydrogen-bond donors (Lipinski definition) is 0. The Labute approximate surface area is 103 Å². The van der Waals surface area contributed by atoms with Gasteiger partial charge >= 0.3 is 0 Å². The van der Waals surface area contributed by atoms with E-state index in [9.17, 15) is 0 Å². The summed E-state index contributed by atoms with van der Waals surface area (Å²) >= 11 is 1.54. The fraction of sp³-hybridized carbons (Fsp3) is 0.750. The molecule has 0 atom stereocenters. The van der Waals surface area contributed by atoms with Gasteiger partial charge in [-0.25, -0.2) is 4.98 Å². The van der Waals surface area contributed by atoms with Gasteiger partial charge in [-0.1, -0.05) is 45.5 Å². The molecule has 0 N–H and O–H groups in total. The molecule has 0 unspecified atom stereocenters. The first-order valence-electron chi connectivity index (χ1n) is 6.02. The summed E-state index contributed by atoms with van der Waals surface area (Å²) < 4.78 is 5.45. The summed E-state index contributed by atoms with van der Waals surface area (Å²) in [4.78, 5) is 6.37. The predicted octanol–water partition coefficient (Wildman–Crippen LogP) is 3.28. The van der Waals surface area contributed by atoms with E-state index in [2.05, 4.69) is 37.6 Å². The lowest BCUT2D eigenvalue weighted by Gasteiger charge is -2.17. The van der Waals surface area contributed by atoms with E-state index in [1.165, 1.54) is 17.8 Å². The SMILES string of the molecule is CCC.CCN(CC)CCOc1nccs1. The number of thiazole rings is 1. The third-order valence-corrected chi connectivity index (χ3v) is 2.62. The van der Waals surface area contributed by atoms with E-state index in [1.807, 2.05) is 5.38 Å². The van der Waals surface area contributed by atoms with Crippen molar-refractivity contribution in [3.8, 4) is 5.19 Å². The molecule has 0 aliphatic heterocycles.